The number of carbonyl (C=O) groups is 2. The molecular formula is C15H21NO4. The van der Waals surface area contributed by atoms with E-state index in [1.54, 1.807) is 6.07 Å². The Balaban J connectivity index is 2.22. The van der Waals surface area contributed by atoms with E-state index in [0.717, 1.165) is 5.56 Å². The number of carboxylic acids is 1. The van der Waals surface area contributed by atoms with Gasteiger partial charge in [0.25, 0.3) is 5.91 Å². The van der Waals surface area contributed by atoms with Gasteiger partial charge in [-0.25, -0.2) is 0 Å². The molecule has 0 fully saturated rings. The average molecular weight is 279 g/mol. The molecule has 0 saturated carbocycles. The monoisotopic (exact) mass is 279 g/mol. The number of rotatable bonds is 8. The second-order valence-corrected chi connectivity index (χ2v) is 4.95. The molecule has 1 rings (SSSR count). The van der Waals surface area contributed by atoms with Gasteiger partial charge in [0.15, 0.2) is 6.61 Å². The third-order valence-electron chi connectivity index (χ3n) is 2.86. The topological polar surface area (TPSA) is 75.6 Å². The van der Waals surface area contributed by atoms with Crippen molar-refractivity contribution < 1.29 is 19.4 Å². The van der Waals surface area contributed by atoms with Gasteiger partial charge in [0.05, 0.1) is 0 Å². The molecular weight excluding hydrogens is 258 g/mol. The molecule has 0 heterocycles. The van der Waals surface area contributed by atoms with Gasteiger partial charge in [-0.15, -0.1) is 0 Å². The van der Waals surface area contributed by atoms with Crippen LogP contribution in [-0.2, 0) is 9.59 Å². The predicted octanol–water partition coefficient (Wildman–Crippen LogP) is 1.99. The third kappa shape index (κ3) is 6.78. The lowest BCUT2D eigenvalue weighted by Gasteiger charge is -2.12. The number of benzene rings is 1. The SMILES string of the molecule is Cc1cccc(OCC(=O)NCC(C)CCC(=O)O)c1. The summed E-state index contributed by atoms with van der Waals surface area (Å²) in [4.78, 5) is 22.0. The zero-order valence-electron chi connectivity index (χ0n) is 11.9. The smallest absolute Gasteiger partial charge is 0.303 e. The number of hydrogen-bond acceptors (Lipinski definition) is 3. The summed E-state index contributed by atoms with van der Waals surface area (Å²) < 4.78 is 5.37. The number of ether oxygens (including phenoxy) is 1. The number of amides is 1. The lowest BCUT2D eigenvalue weighted by molar-refractivity contribution is -0.137. The number of carboxylic acid groups (broad SMARTS) is 1. The van der Waals surface area contributed by atoms with E-state index >= 15 is 0 Å². The van der Waals surface area contributed by atoms with Crippen molar-refractivity contribution >= 4 is 11.9 Å². The maximum Gasteiger partial charge on any atom is 0.303 e. The van der Waals surface area contributed by atoms with Crippen LogP contribution < -0.4 is 10.1 Å². The van der Waals surface area contributed by atoms with Gasteiger partial charge in [0.1, 0.15) is 5.75 Å². The number of carbonyl (C=O) groups excluding carboxylic acids is 1. The fourth-order valence-corrected chi connectivity index (χ4v) is 1.67. The van der Waals surface area contributed by atoms with Crippen molar-refractivity contribution in [2.24, 2.45) is 5.92 Å². The fourth-order valence-electron chi connectivity index (χ4n) is 1.67. The first-order chi connectivity index (χ1) is 9.47. The third-order valence-corrected chi connectivity index (χ3v) is 2.86. The van der Waals surface area contributed by atoms with Crippen LogP contribution in [0.4, 0.5) is 0 Å². The van der Waals surface area contributed by atoms with E-state index < -0.39 is 5.97 Å². The number of hydrogen-bond donors (Lipinski definition) is 2. The van der Waals surface area contributed by atoms with E-state index in [1.807, 2.05) is 32.0 Å². The molecule has 1 unspecified atom stereocenters. The van der Waals surface area contributed by atoms with Crippen molar-refractivity contribution in [3.8, 4) is 5.75 Å². The molecule has 1 aromatic rings. The zero-order valence-corrected chi connectivity index (χ0v) is 11.9. The molecule has 0 spiro atoms. The second-order valence-electron chi connectivity index (χ2n) is 4.95. The molecule has 0 aliphatic heterocycles. The first kappa shape index (κ1) is 16.0. The molecule has 110 valence electrons. The minimum atomic E-state index is -0.814. The van der Waals surface area contributed by atoms with E-state index in [4.69, 9.17) is 9.84 Å². The summed E-state index contributed by atoms with van der Waals surface area (Å²) in [5.74, 6) is -0.215. The van der Waals surface area contributed by atoms with Crippen LogP contribution >= 0.6 is 0 Å². The molecule has 1 atom stereocenters. The van der Waals surface area contributed by atoms with Crippen LogP contribution in [0.25, 0.3) is 0 Å². The van der Waals surface area contributed by atoms with Crippen molar-refractivity contribution in [1.29, 1.82) is 0 Å². The van der Waals surface area contributed by atoms with Crippen LogP contribution in [0.15, 0.2) is 24.3 Å². The number of nitrogens with one attached hydrogen (secondary N) is 1. The maximum absolute atomic E-state index is 11.6. The molecule has 1 aromatic carbocycles. The van der Waals surface area contributed by atoms with E-state index in [0.29, 0.717) is 18.7 Å². The van der Waals surface area contributed by atoms with Crippen LogP contribution in [0.5, 0.6) is 5.75 Å². The number of aryl methyl sites for hydroxylation is 1. The van der Waals surface area contributed by atoms with Crippen molar-refractivity contribution in [2.45, 2.75) is 26.7 Å². The van der Waals surface area contributed by atoms with Crippen LogP contribution in [0.2, 0.25) is 0 Å². The highest BCUT2D eigenvalue weighted by atomic mass is 16.5. The van der Waals surface area contributed by atoms with Gasteiger partial charge in [0, 0.05) is 13.0 Å². The van der Waals surface area contributed by atoms with Crippen molar-refractivity contribution in [3.63, 3.8) is 0 Å². The van der Waals surface area contributed by atoms with Gasteiger partial charge in [-0.05, 0) is 37.0 Å². The van der Waals surface area contributed by atoms with Crippen LogP contribution in [0.1, 0.15) is 25.3 Å². The summed E-state index contributed by atoms with van der Waals surface area (Å²) in [6.45, 7) is 4.29. The van der Waals surface area contributed by atoms with E-state index in [1.165, 1.54) is 0 Å². The molecule has 1 amide bonds. The van der Waals surface area contributed by atoms with E-state index in [2.05, 4.69) is 5.32 Å². The second kappa shape index (κ2) is 8.19. The highest BCUT2D eigenvalue weighted by molar-refractivity contribution is 5.77. The molecule has 0 bridgehead atoms. The van der Waals surface area contributed by atoms with Crippen LogP contribution in [0.3, 0.4) is 0 Å². The zero-order chi connectivity index (χ0) is 15.0. The maximum atomic E-state index is 11.6. The van der Waals surface area contributed by atoms with Gasteiger partial charge in [-0.3, -0.25) is 9.59 Å². The minimum Gasteiger partial charge on any atom is -0.484 e. The van der Waals surface area contributed by atoms with Gasteiger partial charge < -0.3 is 15.2 Å². The molecule has 0 aromatic heterocycles. The highest BCUT2D eigenvalue weighted by Gasteiger charge is 2.08. The van der Waals surface area contributed by atoms with Gasteiger partial charge in [-0.1, -0.05) is 19.1 Å². The molecule has 0 aliphatic carbocycles. The Morgan fingerprint density at radius 3 is 2.80 bits per heavy atom. The lowest BCUT2D eigenvalue weighted by Crippen LogP contribution is -2.32. The standard InChI is InChI=1S/C15H21NO4/c1-11-4-3-5-13(8-11)20-10-14(17)16-9-12(2)6-7-15(18)19/h3-5,8,12H,6-7,9-10H2,1-2H3,(H,16,17)(H,18,19). The largest absolute Gasteiger partial charge is 0.484 e. The Kier molecular flexibility index (Phi) is 6.56. The molecule has 5 heteroatoms. The summed E-state index contributed by atoms with van der Waals surface area (Å²) in [5, 5.41) is 11.3. The highest BCUT2D eigenvalue weighted by Crippen LogP contribution is 2.11. The van der Waals surface area contributed by atoms with E-state index in [-0.39, 0.29) is 24.9 Å². The summed E-state index contributed by atoms with van der Waals surface area (Å²) >= 11 is 0. The Morgan fingerprint density at radius 1 is 1.40 bits per heavy atom. The molecule has 2 N–H and O–H groups in total. The minimum absolute atomic E-state index is 0.0326. The summed E-state index contributed by atoms with van der Waals surface area (Å²) in [7, 11) is 0. The quantitative estimate of drug-likeness (QED) is 0.763. The Bertz CT molecular complexity index is 459. The summed E-state index contributed by atoms with van der Waals surface area (Å²) in [6, 6.07) is 7.49. The summed E-state index contributed by atoms with van der Waals surface area (Å²) in [5.41, 5.74) is 1.07. The Morgan fingerprint density at radius 2 is 2.15 bits per heavy atom. The average Bonchev–Trinajstić information content (AvgIpc) is 2.40. The van der Waals surface area contributed by atoms with Gasteiger partial charge >= 0.3 is 5.97 Å². The normalized spacial score (nSPS) is 11.7. The first-order valence-electron chi connectivity index (χ1n) is 6.65. The van der Waals surface area contributed by atoms with Gasteiger partial charge in [-0.2, -0.15) is 0 Å². The Labute approximate surface area is 118 Å². The molecule has 0 radical (unpaired) electrons. The van der Waals surface area contributed by atoms with Crippen molar-refractivity contribution in [2.75, 3.05) is 13.2 Å². The Hall–Kier alpha value is -2.04. The van der Waals surface area contributed by atoms with Gasteiger partial charge in [0.2, 0.25) is 0 Å². The predicted molar refractivity (Wildman–Crippen MR) is 75.7 cm³/mol. The van der Waals surface area contributed by atoms with Crippen LogP contribution in [0, 0.1) is 12.8 Å². The van der Waals surface area contributed by atoms with Crippen LogP contribution in [-0.4, -0.2) is 30.1 Å². The van der Waals surface area contributed by atoms with Crippen molar-refractivity contribution in [1.82, 2.24) is 5.32 Å². The van der Waals surface area contributed by atoms with Crippen molar-refractivity contribution in [3.05, 3.63) is 29.8 Å². The molecule has 5 nitrogen and oxygen atoms in total. The van der Waals surface area contributed by atoms with E-state index in [9.17, 15) is 9.59 Å². The first-order valence-corrected chi connectivity index (χ1v) is 6.65. The molecule has 20 heavy (non-hydrogen) atoms. The summed E-state index contributed by atoms with van der Waals surface area (Å²) in [6.07, 6.45) is 0.672. The fraction of sp³-hybridized carbons (Fsp3) is 0.467. The molecule has 0 saturated heterocycles. The molecule has 0 aliphatic rings. The lowest BCUT2D eigenvalue weighted by atomic mass is 10.1. The number of aliphatic carboxylic acids is 1.